The molecule has 0 aliphatic carbocycles. The first-order valence-corrected chi connectivity index (χ1v) is 4.15. The second-order valence-corrected chi connectivity index (χ2v) is 2.94. The van der Waals surface area contributed by atoms with Crippen molar-refractivity contribution in [3.8, 4) is 12.3 Å². The molecule has 3 N–H and O–H groups in total. The third-order valence-corrected chi connectivity index (χ3v) is 1.64. The molecule has 1 atom stereocenters. The standard InChI is InChI=1S/C9H11N3O2/c1-3-4-6(2)11-8(13)7-5-10-9(14)12-7/h1,5-6H,4H2,2H3,(H,11,13)(H2,10,12,14). The zero-order valence-corrected chi connectivity index (χ0v) is 7.76. The van der Waals surface area contributed by atoms with Gasteiger partial charge < -0.3 is 15.3 Å². The molecular formula is C9H11N3O2. The van der Waals surface area contributed by atoms with Crippen molar-refractivity contribution in [3.05, 3.63) is 22.4 Å². The van der Waals surface area contributed by atoms with Crippen LogP contribution in [0.3, 0.4) is 0 Å². The maximum atomic E-state index is 11.4. The monoisotopic (exact) mass is 193 g/mol. The summed E-state index contributed by atoms with van der Waals surface area (Å²) in [6, 6.07) is -0.106. The topological polar surface area (TPSA) is 77.8 Å². The summed E-state index contributed by atoms with van der Waals surface area (Å²) in [7, 11) is 0. The van der Waals surface area contributed by atoms with Gasteiger partial charge in [-0.05, 0) is 6.92 Å². The maximum Gasteiger partial charge on any atom is 0.323 e. The van der Waals surface area contributed by atoms with Gasteiger partial charge in [-0.25, -0.2) is 4.79 Å². The average Bonchev–Trinajstić information content (AvgIpc) is 2.52. The Kier molecular flexibility index (Phi) is 3.13. The highest BCUT2D eigenvalue weighted by Gasteiger charge is 2.10. The first-order chi connectivity index (χ1) is 6.63. The molecule has 5 heteroatoms. The summed E-state index contributed by atoms with van der Waals surface area (Å²) in [4.78, 5) is 26.7. The minimum absolute atomic E-state index is 0.106. The van der Waals surface area contributed by atoms with Crippen molar-refractivity contribution in [3.63, 3.8) is 0 Å². The van der Waals surface area contributed by atoms with Crippen LogP contribution in [0.25, 0.3) is 0 Å². The van der Waals surface area contributed by atoms with Crippen LogP contribution >= 0.6 is 0 Å². The van der Waals surface area contributed by atoms with Crippen molar-refractivity contribution >= 4 is 5.91 Å². The lowest BCUT2D eigenvalue weighted by molar-refractivity contribution is 0.0936. The Morgan fingerprint density at radius 1 is 1.79 bits per heavy atom. The SMILES string of the molecule is C#CCC(C)NC(=O)c1c[nH]c(=O)[nH]1. The van der Waals surface area contributed by atoms with Crippen LogP contribution in [0.15, 0.2) is 11.0 Å². The minimum atomic E-state index is -0.403. The molecule has 1 unspecified atom stereocenters. The number of aromatic nitrogens is 2. The molecule has 14 heavy (non-hydrogen) atoms. The predicted molar refractivity (Wildman–Crippen MR) is 51.8 cm³/mol. The van der Waals surface area contributed by atoms with Crippen LogP contribution in [0, 0.1) is 12.3 Å². The molecule has 74 valence electrons. The maximum absolute atomic E-state index is 11.4. The van der Waals surface area contributed by atoms with Gasteiger partial charge in [0.05, 0.1) is 0 Å². The fraction of sp³-hybridized carbons (Fsp3) is 0.333. The molecule has 1 aromatic heterocycles. The van der Waals surface area contributed by atoms with E-state index in [4.69, 9.17) is 6.42 Å². The molecule has 1 amide bonds. The lowest BCUT2D eigenvalue weighted by atomic mass is 10.2. The molecule has 0 bridgehead atoms. The molecule has 1 heterocycles. The Labute approximate surface area is 80.9 Å². The fourth-order valence-electron chi connectivity index (χ4n) is 0.984. The second-order valence-electron chi connectivity index (χ2n) is 2.94. The first-order valence-electron chi connectivity index (χ1n) is 4.15. The van der Waals surface area contributed by atoms with E-state index in [9.17, 15) is 9.59 Å². The molecule has 0 saturated carbocycles. The molecule has 1 rings (SSSR count). The minimum Gasteiger partial charge on any atom is -0.347 e. The molecule has 0 aliphatic heterocycles. The number of imidazole rings is 1. The summed E-state index contributed by atoms with van der Waals surface area (Å²) in [5.74, 6) is 2.09. The van der Waals surface area contributed by atoms with Gasteiger partial charge in [0.1, 0.15) is 5.69 Å². The number of nitrogens with one attached hydrogen (secondary N) is 3. The Bertz CT molecular complexity index is 410. The van der Waals surface area contributed by atoms with Gasteiger partial charge in [0.15, 0.2) is 0 Å². The summed E-state index contributed by atoms with van der Waals surface area (Å²) in [5.41, 5.74) is -0.196. The summed E-state index contributed by atoms with van der Waals surface area (Å²) in [6.45, 7) is 1.79. The van der Waals surface area contributed by atoms with Crippen LogP contribution in [0.2, 0.25) is 0 Å². The van der Waals surface area contributed by atoms with E-state index in [0.29, 0.717) is 6.42 Å². The quantitative estimate of drug-likeness (QED) is 0.583. The number of carbonyl (C=O) groups excluding carboxylic acids is 1. The lowest BCUT2D eigenvalue weighted by Gasteiger charge is -2.08. The van der Waals surface area contributed by atoms with E-state index in [-0.39, 0.29) is 17.6 Å². The number of terminal acetylenes is 1. The number of amides is 1. The molecule has 0 radical (unpaired) electrons. The number of hydrogen-bond acceptors (Lipinski definition) is 2. The molecule has 0 aliphatic rings. The van der Waals surface area contributed by atoms with E-state index >= 15 is 0 Å². The normalized spacial score (nSPS) is 11.7. The number of hydrogen-bond donors (Lipinski definition) is 3. The molecule has 0 fully saturated rings. The smallest absolute Gasteiger partial charge is 0.323 e. The third kappa shape index (κ3) is 2.52. The lowest BCUT2D eigenvalue weighted by Crippen LogP contribution is -2.32. The Morgan fingerprint density at radius 3 is 3.00 bits per heavy atom. The third-order valence-electron chi connectivity index (χ3n) is 1.64. The zero-order chi connectivity index (χ0) is 10.6. The van der Waals surface area contributed by atoms with Crippen LogP contribution in [-0.4, -0.2) is 21.9 Å². The van der Waals surface area contributed by atoms with E-state index in [1.807, 2.05) is 0 Å². The van der Waals surface area contributed by atoms with Crippen molar-refractivity contribution < 1.29 is 4.79 Å². The van der Waals surface area contributed by atoms with Gasteiger partial charge in [-0.2, -0.15) is 0 Å². The molecule has 0 aromatic carbocycles. The summed E-state index contributed by atoms with van der Waals surface area (Å²) in [5, 5.41) is 2.64. The van der Waals surface area contributed by atoms with Gasteiger partial charge in [0, 0.05) is 18.7 Å². The van der Waals surface area contributed by atoms with Crippen molar-refractivity contribution in [1.82, 2.24) is 15.3 Å². The van der Waals surface area contributed by atoms with Crippen LogP contribution in [0.5, 0.6) is 0 Å². The van der Waals surface area contributed by atoms with Crippen molar-refractivity contribution in [2.24, 2.45) is 0 Å². The van der Waals surface area contributed by atoms with Crippen LogP contribution in [0.4, 0.5) is 0 Å². The van der Waals surface area contributed by atoms with Gasteiger partial charge in [0.2, 0.25) is 0 Å². The summed E-state index contributed by atoms with van der Waals surface area (Å²) >= 11 is 0. The number of H-pyrrole nitrogens is 2. The number of carbonyl (C=O) groups is 1. The predicted octanol–water partition coefficient (Wildman–Crippen LogP) is -0.155. The van der Waals surface area contributed by atoms with Crippen molar-refractivity contribution in [1.29, 1.82) is 0 Å². The fourth-order valence-corrected chi connectivity index (χ4v) is 0.984. The van der Waals surface area contributed by atoms with E-state index in [0.717, 1.165) is 0 Å². The molecule has 1 aromatic rings. The average molecular weight is 193 g/mol. The highest BCUT2D eigenvalue weighted by atomic mass is 16.2. The zero-order valence-electron chi connectivity index (χ0n) is 7.76. The van der Waals surface area contributed by atoms with Gasteiger partial charge in [-0.15, -0.1) is 12.3 Å². The molecular weight excluding hydrogens is 182 g/mol. The second kappa shape index (κ2) is 4.33. The van der Waals surface area contributed by atoms with Crippen molar-refractivity contribution in [2.75, 3.05) is 0 Å². The number of rotatable bonds is 3. The molecule has 5 nitrogen and oxygen atoms in total. The van der Waals surface area contributed by atoms with Gasteiger partial charge in [0.25, 0.3) is 5.91 Å². The highest BCUT2D eigenvalue weighted by molar-refractivity contribution is 5.92. The van der Waals surface area contributed by atoms with Gasteiger partial charge in [-0.1, -0.05) is 0 Å². The van der Waals surface area contributed by atoms with Gasteiger partial charge >= 0.3 is 5.69 Å². The Hall–Kier alpha value is -1.96. The first kappa shape index (κ1) is 10.1. The van der Waals surface area contributed by atoms with Crippen molar-refractivity contribution in [2.45, 2.75) is 19.4 Å². The van der Waals surface area contributed by atoms with E-state index in [2.05, 4.69) is 21.2 Å². The summed E-state index contributed by atoms with van der Waals surface area (Å²) in [6.07, 6.45) is 6.86. The molecule has 0 saturated heterocycles. The van der Waals surface area contributed by atoms with Crippen LogP contribution < -0.4 is 11.0 Å². The molecule has 0 spiro atoms. The number of aromatic amines is 2. The van der Waals surface area contributed by atoms with Crippen LogP contribution in [-0.2, 0) is 0 Å². The highest BCUT2D eigenvalue weighted by Crippen LogP contribution is 1.92. The van der Waals surface area contributed by atoms with Crippen LogP contribution in [0.1, 0.15) is 23.8 Å². The van der Waals surface area contributed by atoms with E-state index < -0.39 is 5.69 Å². The Morgan fingerprint density at radius 2 is 2.50 bits per heavy atom. The largest absolute Gasteiger partial charge is 0.347 e. The van der Waals surface area contributed by atoms with E-state index in [1.165, 1.54) is 6.20 Å². The summed E-state index contributed by atoms with van der Waals surface area (Å²) < 4.78 is 0. The van der Waals surface area contributed by atoms with E-state index in [1.54, 1.807) is 6.92 Å². The van der Waals surface area contributed by atoms with Gasteiger partial charge in [-0.3, -0.25) is 4.79 Å². The Balaban J connectivity index is 2.60.